The Morgan fingerprint density at radius 2 is 2.00 bits per heavy atom. The van der Waals surface area contributed by atoms with Crippen molar-refractivity contribution >= 4 is 23.4 Å². The van der Waals surface area contributed by atoms with E-state index >= 15 is 0 Å². The molecular weight excluding hydrogens is 364 g/mol. The number of benzene rings is 2. The smallest absolute Gasteiger partial charge is 0.255 e. The maximum atomic E-state index is 12.7. The van der Waals surface area contributed by atoms with Gasteiger partial charge in [-0.15, -0.1) is 0 Å². The standard InChI is InChI=1S/C21H21ClN2O3/c1-12-15(9-13-3-5-14(6-4-13)19(25)23-2)10-16-18(17(12)22)27-11-21(7-8-21)24-20(16)26/h3-6,10H,7-9,11H2,1-2H3,(H,23,25)(H,24,26). The van der Waals surface area contributed by atoms with Crippen LogP contribution in [0.5, 0.6) is 5.75 Å². The Labute approximate surface area is 163 Å². The van der Waals surface area contributed by atoms with E-state index in [1.807, 2.05) is 25.1 Å². The highest BCUT2D eigenvalue weighted by molar-refractivity contribution is 6.33. The van der Waals surface area contributed by atoms with Gasteiger partial charge >= 0.3 is 0 Å². The summed E-state index contributed by atoms with van der Waals surface area (Å²) in [4.78, 5) is 24.4. The van der Waals surface area contributed by atoms with Crippen molar-refractivity contribution in [3.63, 3.8) is 0 Å². The Hall–Kier alpha value is -2.53. The van der Waals surface area contributed by atoms with Crippen molar-refractivity contribution in [2.75, 3.05) is 13.7 Å². The largest absolute Gasteiger partial charge is 0.489 e. The van der Waals surface area contributed by atoms with Gasteiger partial charge in [0.25, 0.3) is 11.8 Å². The van der Waals surface area contributed by atoms with Crippen LogP contribution in [0.3, 0.4) is 0 Å². The van der Waals surface area contributed by atoms with Gasteiger partial charge in [-0.1, -0.05) is 23.7 Å². The molecule has 1 aliphatic heterocycles. The highest BCUT2D eigenvalue weighted by Crippen LogP contribution is 2.42. The Morgan fingerprint density at radius 3 is 2.63 bits per heavy atom. The zero-order valence-corrected chi connectivity index (χ0v) is 16.1. The molecule has 0 atom stereocenters. The van der Waals surface area contributed by atoms with E-state index in [0.29, 0.717) is 34.9 Å². The summed E-state index contributed by atoms with van der Waals surface area (Å²) in [5.41, 5.74) is 3.80. The molecule has 1 aliphatic carbocycles. The summed E-state index contributed by atoms with van der Waals surface area (Å²) in [5.74, 6) is 0.237. The lowest BCUT2D eigenvalue weighted by molar-refractivity contribution is 0.0930. The third-order valence-electron chi connectivity index (χ3n) is 5.38. The molecule has 0 saturated heterocycles. The van der Waals surface area contributed by atoms with Gasteiger partial charge in [0.2, 0.25) is 0 Å². The molecule has 4 rings (SSSR count). The van der Waals surface area contributed by atoms with E-state index in [9.17, 15) is 9.59 Å². The number of nitrogens with one attached hydrogen (secondary N) is 2. The third-order valence-corrected chi connectivity index (χ3v) is 5.84. The first-order valence-electron chi connectivity index (χ1n) is 9.01. The van der Waals surface area contributed by atoms with Crippen LogP contribution in [-0.2, 0) is 6.42 Å². The molecule has 27 heavy (non-hydrogen) atoms. The van der Waals surface area contributed by atoms with E-state index in [0.717, 1.165) is 29.5 Å². The SMILES string of the molecule is CNC(=O)c1ccc(Cc2cc3c(c(Cl)c2C)OCC2(CC2)NC3=O)cc1. The molecule has 2 N–H and O–H groups in total. The third kappa shape index (κ3) is 3.28. The second kappa shape index (κ2) is 6.57. The summed E-state index contributed by atoms with van der Waals surface area (Å²) < 4.78 is 5.91. The minimum absolute atomic E-state index is 0.117. The number of halogens is 1. The van der Waals surface area contributed by atoms with Crippen LogP contribution in [0.2, 0.25) is 5.02 Å². The molecule has 2 amide bonds. The molecule has 6 heteroatoms. The minimum atomic E-state index is -0.219. The van der Waals surface area contributed by atoms with Crippen LogP contribution in [0.15, 0.2) is 30.3 Å². The number of carbonyl (C=O) groups is 2. The van der Waals surface area contributed by atoms with E-state index in [2.05, 4.69) is 10.6 Å². The van der Waals surface area contributed by atoms with Crippen LogP contribution < -0.4 is 15.4 Å². The zero-order chi connectivity index (χ0) is 19.2. The van der Waals surface area contributed by atoms with E-state index < -0.39 is 0 Å². The van der Waals surface area contributed by atoms with Crippen LogP contribution in [0, 0.1) is 6.92 Å². The van der Waals surface area contributed by atoms with Gasteiger partial charge in [0.15, 0.2) is 5.75 Å². The second-order valence-corrected chi connectivity index (χ2v) is 7.71. The zero-order valence-electron chi connectivity index (χ0n) is 15.3. The summed E-state index contributed by atoms with van der Waals surface area (Å²) in [5, 5.41) is 6.19. The molecule has 1 fully saturated rings. The number of fused-ring (bicyclic) bond motifs is 1. The molecule has 5 nitrogen and oxygen atoms in total. The average Bonchev–Trinajstić information content (AvgIpc) is 3.45. The monoisotopic (exact) mass is 384 g/mol. The normalized spacial score (nSPS) is 16.8. The van der Waals surface area contributed by atoms with Gasteiger partial charge in [0, 0.05) is 12.6 Å². The van der Waals surface area contributed by atoms with Crippen molar-refractivity contribution in [3.05, 3.63) is 63.2 Å². The first kappa shape index (κ1) is 17.9. The van der Waals surface area contributed by atoms with Crippen LogP contribution in [0.25, 0.3) is 0 Å². The minimum Gasteiger partial charge on any atom is -0.489 e. The lowest BCUT2D eigenvalue weighted by Gasteiger charge is -2.15. The average molecular weight is 385 g/mol. The van der Waals surface area contributed by atoms with Crippen molar-refractivity contribution in [3.8, 4) is 5.75 Å². The van der Waals surface area contributed by atoms with Crippen molar-refractivity contribution in [1.29, 1.82) is 0 Å². The quantitative estimate of drug-likeness (QED) is 0.853. The molecule has 1 saturated carbocycles. The molecular formula is C21H21ClN2O3. The van der Waals surface area contributed by atoms with Crippen molar-refractivity contribution in [1.82, 2.24) is 10.6 Å². The molecule has 140 valence electrons. The molecule has 0 radical (unpaired) electrons. The Bertz CT molecular complexity index is 933. The molecule has 2 aliphatic rings. The maximum absolute atomic E-state index is 12.7. The van der Waals surface area contributed by atoms with E-state index in [-0.39, 0.29) is 17.4 Å². The van der Waals surface area contributed by atoms with Crippen LogP contribution in [0.4, 0.5) is 0 Å². The van der Waals surface area contributed by atoms with Gasteiger partial charge in [0.1, 0.15) is 6.61 Å². The number of hydrogen-bond acceptors (Lipinski definition) is 3. The summed E-state index contributed by atoms with van der Waals surface area (Å²) in [7, 11) is 1.61. The molecule has 0 unspecified atom stereocenters. The second-order valence-electron chi connectivity index (χ2n) is 7.33. The van der Waals surface area contributed by atoms with Crippen LogP contribution in [0.1, 0.15) is 50.2 Å². The maximum Gasteiger partial charge on any atom is 0.255 e. The van der Waals surface area contributed by atoms with Crippen LogP contribution in [-0.4, -0.2) is 31.0 Å². The summed E-state index contributed by atoms with van der Waals surface area (Å²) >= 11 is 6.56. The van der Waals surface area contributed by atoms with Crippen LogP contribution >= 0.6 is 11.6 Å². The molecule has 0 aromatic heterocycles. The highest BCUT2D eigenvalue weighted by Gasteiger charge is 2.47. The number of carbonyl (C=O) groups excluding carboxylic acids is 2. The first-order chi connectivity index (χ1) is 12.9. The number of ether oxygens (including phenoxy) is 1. The summed E-state index contributed by atoms with van der Waals surface area (Å²) in [6.07, 6.45) is 2.49. The lowest BCUT2D eigenvalue weighted by Crippen LogP contribution is -2.38. The van der Waals surface area contributed by atoms with Gasteiger partial charge in [-0.3, -0.25) is 9.59 Å². The van der Waals surface area contributed by atoms with Crippen molar-refractivity contribution in [2.24, 2.45) is 0 Å². The Balaban J connectivity index is 1.65. The summed E-state index contributed by atoms with van der Waals surface area (Å²) in [6, 6.07) is 9.29. The van der Waals surface area contributed by atoms with Gasteiger partial charge < -0.3 is 15.4 Å². The summed E-state index contributed by atoms with van der Waals surface area (Å²) in [6.45, 7) is 2.40. The fraction of sp³-hybridized carbons (Fsp3) is 0.333. The van der Waals surface area contributed by atoms with Gasteiger partial charge in [-0.2, -0.15) is 0 Å². The molecule has 0 bridgehead atoms. The van der Waals surface area contributed by atoms with E-state index in [1.165, 1.54) is 0 Å². The topological polar surface area (TPSA) is 67.4 Å². The molecule has 1 heterocycles. The predicted octanol–water partition coefficient (Wildman–Crippen LogP) is 3.25. The number of hydrogen-bond donors (Lipinski definition) is 2. The Morgan fingerprint density at radius 1 is 1.30 bits per heavy atom. The van der Waals surface area contributed by atoms with E-state index in [1.54, 1.807) is 19.2 Å². The molecule has 1 spiro atoms. The predicted molar refractivity (Wildman–Crippen MR) is 104 cm³/mol. The first-order valence-corrected chi connectivity index (χ1v) is 9.38. The Kier molecular flexibility index (Phi) is 4.35. The van der Waals surface area contributed by atoms with E-state index in [4.69, 9.17) is 16.3 Å². The van der Waals surface area contributed by atoms with Gasteiger partial charge in [-0.05, 0) is 61.1 Å². The molecule has 2 aromatic carbocycles. The fourth-order valence-corrected chi connectivity index (χ4v) is 3.66. The van der Waals surface area contributed by atoms with Gasteiger partial charge in [-0.25, -0.2) is 0 Å². The number of amides is 2. The van der Waals surface area contributed by atoms with Gasteiger partial charge in [0.05, 0.1) is 16.1 Å². The van der Waals surface area contributed by atoms with Crippen molar-refractivity contribution < 1.29 is 14.3 Å². The number of rotatable bonds is 3. The lowest BCUT2D eigenvalue weighted by atomic mass is 9.96. The molecule has 2 aromatic rings. The fourth-order valence-electron chi connectivity index (χ4n) is 3.38. The van der Waals surface area contributed by atoms with Crippen molar-refractivity contribution in [2.45, 2.75) is 31.7 Å². The highest BCUT2D eigenvalue weighted by atomic mass is 35.5.